The minimum absolute atomic E-state index is 0.0128. The largest absolute Gasteiger partial charge is 0.456 e. The van der Waals surface area contributed by atoms with Crippen LogP contribution in [0.4, 0.5) is 10.1 Å². The molecule has 1 aromatic heterocycles. The van der Waals surface area contributed by atoms with E-state index in [1.54, 1.807) is 36.4 Å². The number of nitro benzene ring substituents is 1. The summed E-state index contributed by atoms with van der Waals surface area (Å²) < 4.78 is 24.0. The van der Waals surface area contributed by atoms with Crippen LogP contribution in [0.1, 0.15) is 11.3 Å². The maximum Gasteiger partial charge on any atom is 0.363 e. The summed E-state index contributed by atoms with van der Waals surface area (Å²) in [6.45, 7) is 0. The number of cyclic esters (lactones) is 1. The number of benzene rings is 2. The number of para-hydroxylation sites is 1. The molecule has 7 nitrogen and oxygen atoms in total. The zero-order chi connectivity index (χ0) is 19.7. The van der Waals surface area contributed by atoms with Crippen LogP contribution in [-0.4, -0.2) is 16.8 Å². The van der Waals surface area contributed by atoms with Crippen LogP contribution in [0.3, 0.4) is 0 Å². The number of furan rings is 1. The van der Waals surface area contributed by atoms with E-state index in [1.807, 2.05) is 0 Å². The lowest BCUT2D eigenvalue weighted by molar-refractivity contribution is -0.384. The highest BCUT2D eigenvalue weighted by molar-refractivity contribution is 6.12. The van der Waals surface area contributed by atoms with Crippen LogP contribution in [0.5, 0.6) is 0 Å². The van der Waals surface area contributed by atoms with E-state index >= 15 is 0 Å². The fourth-order valence-corrected chi connectivity index (χ4v) is 2.71. The average Bonchev–Trinajstić information content (AvgIpc) is 3.29. The van der Waals surface area contributed by atoms with E-state index in [0.717, 1.165) is 0 Å². The van der Waals surface area contributed by atoms with Gasteiger partial charge in [0, 0.05) is 17.7 Å². The summed E-state index contributed by atoms with van der Waals surface area (Å²) in [5, 5.41) is 11.2. The van der Waals surface area contributed by atoms with Crippen LogP contribution < -0.4 is 0 Å². The quantitative estimate of drug-likeness (QED) is 0.291. The van der Waals surface area contributed by atoms with Crippen LogP contribution in [-0.2, 0) is 9.53 Å². The molecule has 0 radical (unpaired) electrons. The van der Waals surface area contributed by atoms with Gasteiger partial charge in [-0.1, -0.05) is 18.2 Å². The highest BCUT2D eigenvalue weighted by atomic mass is 19.1. The van der Waals surface area contributed by atoms with E-state index in [9.17, 15) is 19.3 Å². The van der Waals surface area contributed by atoms with Gasteiger partial charge < -0.3 is 9.15 Å². The van der Waals surface area contributed by atoms with Gasteiger partial charge in [-0.3, -0.25) is 10.1 Å². The molecule has 0 unspecified atom stereocenters. The van der Waals surface area contributed by atoms with Gasteiger partial charge in [-0.05, 0) is 36.4 Å². The number of halogens is 1. The highest BCUT2D eigenvalue weighted by Gasteiger charge is 2.25. The molecule has 0 aliphatic carbocycles. The number of hydrogen-bond acceptors (Lipinski definition) is 6. The first-order valence-electron chi connectivity index (χ1n) is 8.13. The van der Waals surface area contributed by atoms with Gasteiger partial charge in [0.2, 0.25) is 5.90 Å². The molecule has 28 heavy (non-hydrogen) atoms. The van der Waals surface area contributed by atoms with Crippen molar-refractivity contribution in [2.75, 3.05) is 0 Å². The predicted molar refractivity (Wildman–Crippen MR) is 97.8 cm³/mol. The van der Waals surface area contributed by atoms with Gasteiger partial charge in [-0.15, -0.1) is 0 Å². The number of ether oxygens (including phenoxy) is 1. The zero-order valence-corrected chi connectivity index (χ0v) is 14.2. The van der Waals surface area contributed by atoms with Crippen molar-refractivity contribution < 1.29 is 23.3 Å². The number of nitrogens with zero attached hydrogens (tertiary/aromatic N) is 2. The molecule has 0 N–H and O–H groups in total. The van der Waals surface area contributed by atoms with Crippen molar-refractivity contribution in [3.05, 3.63) is 93.6 Å². The van der Waals surface area contributed by atoms with Crippen LogP contribution >= 0.6 is 0 Å². The number of carbonyl (C=O) groups is 1. The number of esters is 1. The van der Waals surface area contributed by atoms with Crippen LogP contribution in [0.25, 0.3) is 17.4 Å². The molecular formula is C20H11FN2O5. The SMILES string of the molecule is O=C1OC(c2cccc(F)c2)=N/C1=C\c1ccc(-c2ccccc2[N+](=O)[O-])o1. The fraction of sp³-hybridized carbons (Fsp3) is 0. The van der Waals surface area contributed by atoms with Crippen molar-refractivity contribution in [3.8, 4) is 11.3 Å². The number of nitro groups is 1. The highest BCUT2D eigenvalue weighted by Crippen LogP contribution is 2.31. The summed E-state index contributed by atoms with van der Waals surface area (Å²) in [6, 6.07) is 14.8. The molecule has 1 aliphatic heterocycles. The van der Waals surface area contributed by atoms with Crippen LogP contribution in [0.15, 0.2) is 75.8 Å². The molecule has 2 heterocycles. The molecule has 8 heteroatoms. The maximum absolute atomic E-state index is 13.3. The first-order chi connectivity index (χ1) is 13.5. The standard InChI is InChI=1S/C20H11FN2O5/c21-13-5-3-4-12(10-13)19-22-16(20(24)28-19)11-14-8-9-18(27-14)15-6-1-2-7-17(15)23(25)26/h1-11H/b16-11-. The normalized spacial score (nSPS) is 14.8. The van der Waals surface area contributed by atoms with Gasteiger partial charge in [0.05, 0.1) is 10.5 Å². The van der Waals surface area contributed by atoms with Gasteiger partial charge in [0.15, 0.2) is 5.70 Å². The monoisotopic (exact) mass is 378 g/mol. The lowest BCUT2D eigenvalue weighted by atomic mass is 10.1. The van der Waals surface area contributed by atoms with Gasteiger partial charge in [0.25, 0.3) is 5.69 Å². The van der Waals surface area contributed by atoms with E-state index in [0.29, 0.717) is 11.1 Å². The second kappa shape index (κ2) is 6.92. The number of rotatable bonds is 4. The average molecular weight is 378 g/mol. The molecule has 138 valence electrons. The molecule has 3 aromatic rings. The first kappa shape index (κ1) is 17.3. The molecule has 1 aliphatic rings. The second-order valence-electron chi connectivity index (χ2n) is 5.82. The van der Waals surface area contributed by atoms with Gasteiger partial charge in [0.1, 0.15) is 17.3 Å². The molecule has 0 atom stereocenters. The minimum atomic E-state index is -0.706. The molecule has 0 amide bonds. The molecule has 0 saturated heterocycles. The third-order valence-electron chi connectivity index (χ3n) is 3.96. The Balaban J connectivity index is 1.66. The second-order valence-corrected chi connectivity index (χ2v) is 5.82. The molecule has 0 bridgehead atoms. The topological polar surface area (TPSA) is 94.9 Å². The lowest BCUT2D eigenvalue weighted by Gasteiger charge is -1.98. The number of carbonyl (C=O) groups excluding carboxylic acids is 1. The third-order valence-corrected chi connectivity index (χ3v) is 3.96. The van der Waals surface area contributed by atoms with E-state index in [4.69, 9.17) is 9.15 Å². The summed E-state index contributed by atoms with van der Waals surface area (Å²) in [7, 11) is 0. The van der Waals surface area contributed by atoms with Gasteiger partial charge in [-0.2, -0.15) is 0 Å². The molecule has 2 aromatic carbocycles. The van der Waals surface area contributed by atoms with Crippen molar-refractivity contribution in [3.63, 3.8) is 0 Å². The minimum Gasteiger partial charge on any atom is -0.456 e. The summed E-state index contributed by atoms with van der Waals surface area (Å²) >= 11 is 0. The Kier molecular flexibility index (Phi) is 4.29. The first-order valence-corrected chi connectivity index (χ1v) is 8.13. The lowest BCUT2D eigenvalue weighted by Crippen LogP contribution is -2.05. The van der Waals surface area contributed by atoms with Crippen molar-refractivity contribution in [1.29, 1.82) is 0 Å². The Morgan fingerprint density at radius 3 is 2.68 bits per heavy atom. The smallest absolute Gasteiger partial charge is 0.363 e. The summed E-state index contributed by atoms with van der Waals surface area (Å²) in [6.07, 6.45) is 1.35. The third kappa shape index (κ3) is 3.30. The zero-order valence-electron chi connectivity index (χ0n) is 14.2. The Morgan fingerprint density at radius 1 is 1.07 bits per heavy atom. The maximum atomic E-state index is 13.3. The molecular weight excluding hydrogens is 367 g/mol. The molecule has 0 fully saturated rings. The van der Waals surface area contributed by atoms with Gasteiger partial charge in [-0.25, -0.2) is 14.2 Å². The van der Waals surface area contributed by atoms with Crippen molar-refractivity contribution in [1.82, 2.24) is 0 Å². The van der Waals surface area contributed by atoms with E-state index in [1.165, 1.54) is 30.3 Å². The Hall–Kier alpha value is -4.07. The van der Waals surface area contributed by atoms with Crippen molar-refractivity contribution >= 4 is 23.6 Å². The van der Waals surface area contributed by atoms with Gasteiger partial charge >= 0.3 is 5.97 Å². The fourth-order valence-electron chi connectivity index (χ4n) is 2.71. The van der Waals surface area contributed by atoms with Crippen molar-refractivity contribution in [2.45, 2.75) is 0 Å². The molecule has 4 rings (SSSR count). The predicted octanol–water partition coefficient (Wildman–Crippen LogP) is 4.34. The van der Waals surface area contributed by atoms with E-state index < -0.39 is 16.7 Å². The number of hydrogen-bond donors (Lipinski definition) is 0. The summed E-state index contributed by atoms with van der Waals surface area (Å²) in [5.41, 5.74) is 0.525. The summed E-state index contributed by atoms with van der Waals surface area (Å²) in [5.74, 6) is -0.651. The van der Waals surface area contributed by atoms with E-state index in [2.05, 4.69) is 4.99 Å². The Labute approximate surface area is 157 Å². The summed E-state index contributed by atoms with van der Waals surface area (Å²) in [4.78, 5) is 26.8. The Morgan fingerprint density at radius 2 is 1.89 bits per heavy atom. The molecule has 0 spiro atoms. The number of aliphatic imine (C=N–C) groups is 1. The van der Waals surface area contributed by atoms with Crippen LogP contribution in [0, 0.1) is 15.9 Å². The van der Waals surface area contributed by atoms with Crippen molar-refractivity contribution in [2.24, 2.45) is 4.99 Å². The van der Waals surface area contributed by atoms with E-state index in [-0.39, 0.29) is 28.8 Å². The molecule has 0 saturated carbocycles. The Bertz CT molecular complexity index is 1160. The van der Waals surface area contributed by atoms with Crippen LogP contribution in [0.2, 0.25) is 0 Å².